The van der Waals surface area contributed by atoms with Crippen molar-refractivity contribution in [1.29, 1.82) is 0 Å². The number of nitrogens with one attached hydrogen (secondary N) is 1. The summed E-state index contributed by atoms with van der Waals surface area (Å²) in [5.41, 5.74) is 0. The van der Waals surface area contributed by atoms with E-state index in [9.17, 15) is 0 Å². The molecule has 18 heavy (non-hydrogen) atoms. The molecule has 1 aromatic rings. The molecule has 0 aliphatic carbocycles. The average Bonchev–Trinajstić information content (AvgIpc) is 2.96. The average molecular weight is 397 g/mol. The molecule has 2 nitrogen and oxygen atoms in total. The van der Waals surface area contributed by atoms with Gasteiger partial charge in [0.05, 0.1) is 9.89 Å². The number of ether oxygens (including phenoxy) is 1. The minimum atomic E-state index is 0.417. The Kier molecular flexibility index (Phi) is 6.15. The highest BCUT2D eigenvalue weighted by Crippen LogP contribution is 2.37. The Morgan fingerprint density at radius 3 is 2.94 bits per heavy atom. The van der Waals surface area contributed by atoms with E-state index in [-0.39, 0.29) is 0 Å². The highest BCUT2D eigenvalue weighted by atomic mass is 79.9. The second-order valence-electron chi connectivity index (χ2n) is 4.65. The van der Waals surface area contributed by atoms with Gasteiger partial charge in [-0.1, -0.05) is 6.92 Å². The first-order chi connectivity index (χ1) is 8.70. The maximum atomic E-state index is 5.76. The third-order valence-electron chi connectivity index (χ3n) is 3.17. The van der Waals surface area contributed by atoms with Gasteiger partial charge in [-0.3, -0.25) is 0 Å². The fourth-order valence-corrected chi connectivity index (χ4v) is 4.42. The number of hydrogen-bond donors (Lipinski definition) is 1. The molecule has 0 radical (unpaired) electrons. The molecule has 0 amide bonds. The molecule has 0 aromatic carbocycles. The van der Waals surface area contributed by atoms with E-state index in [1.54, 1.807) is 0 Å². The summed E-state index contributed by atoms with van der Waals surface area (Å²) in [6, 6.07) is 2.64. The topological polar surface area (TPSA) is 21.3 Å². The highest BCUT2D eigenvalue weighted by molar-refractivity contribution is 9.13. The van der Waals surface area contributed by atoms with Gasteiger partial charge in [-0.25, -0.2) is 0 Å². The van der Waals surface area contributed by atoms with Crippen LogP contribution in [0.2, 0.25) is 0 Å². The normalized spacial score (nSPS) is 21.4. The first-order valence-electron chi connectivity index (χ1n) is 6.50. The molecule has 1 aliphatic heterocycles. The molecule has 1 aliphatic rings. The molecular formula is C13H19Br2NOS. The van der Waals surface area contributed by atoms with Crippen molar-refractivity contribution in [3.63, 3.8) is 0 Å². The minimum Gasteiger partial charge on any atom is -0.378 e. The lowest BCUT2D eigenvalue weighted by Crippen LogP contribution is -2.25. The third kappa shape index (κ3) is 4.04. The molecule has 2 heterocycles. The van der Waals surface area contributed by atoms with Crippen molar-refractivity contribution >= 4 is 43.2 Å². The molecule has 102 valence electrons. The van der Waals surface area contributed by atoms with Gasteiger partial charge >= 0.3 is 0 Å². The van der Waals surface area contributed by atoms with Crippen molar-refractivity contribution in [2.75, 3.05) is 13.2 Å². The molecule has 1 aromatic heterocycles. The molecule has 0 bridgehead atoms. The molecule has 5 heteroatoms. The van der Waals surface area contributed by atoms with Crippen LogP contribution in [-0.2, 0) is 4.74 Å². The van der Waals surface area contributed by atoms with E-state index in [0.29, 0.717) is 12.1 Å². The lowest BCUT2D eigenvalue weighted by atomic mass is 10.1. The monoisotopic (exact) mass is 395 g/mol. The van der Waals surface area contributed by atoms with Crippen molar-refractivity contribution in [3.8, 4) is 0 Å². The summed E-state index contributed by atoms with van der Waals surface area (Å²) in [6.07, 6.45) is 5.09. The summed E-state index contributed by atoms with van der Waals surface area (Å²) < 4.78 is 8.09. The first-order valence-corrected chi connectivity index (χ1v) is 8.90. The standard InChI is InChI=1S/C13H19Br2NOS/c1-2-5-16-11(7-9-4-3-6-17-9)12-8-10(14)13(15)18-12/h8-9,11,16H,2-7H2,1H3. The van der Waals surface area contributed by atoms with Crippen molar-refractivity contribution in [1.82, 2.24) is 5.32 Å². The highest BCUT2D eigenvalue weighted by Gasteiger charge is 2.23. The van der Waals surface area contributed by atoms with Gasteiger partial charge < -0.3 is 10.1 Å². The van der Waals surface area contributed by atoms with Gasteiger partial charge in [-0.05, 0) is 70.2 Å². The minimum absolute atomic E-state index is 0.417. The molecule has 0 saturated carbocycles. The van der Waals surface area contributed by atoms with Gasteiger partial charge in [-0.2, -0.15) is 0 Å². The summed E-state index contributed by atoms with van der Waals surface area (Å²) in [6.45, 7) is 4.20. The smallest absolute Gasteiger partial charge is 0.0843 e. The van der Waals surface area contributed by atoms with Crippen LogP contribution < -0.4 is 5.32 Å². The molecule has 2 atom stereocenters. The molecule has 0 spiro atoms. The Labute approximate surface area is 130 Å². The van der Waals surface area contributed by atoms with Gasteiger partial charge in [0, 0.05) is 22.0 Å². The van der Waals surface area contributed by atoms with E-state index < -0.39 is 0 Å². The summed E-state index contributed by atoms with van der Waals surface area (Å²) in [5, 5.41) is 3.64. The zero-order valence-corrected chi connectivity index (χ0v) is 14.5. The number of halogens is 2. The summed E-state index contributed by atoms with van der Waals surface area (Å²) in [5.74, 6) is 0. The Balaban J connectivity index is 2.03. The lowest BCUT2D eigenvalue weighted by Gasteiger charge is -2.20. The number of thiophene rings is 1. The number of rotatable bonds is 6. The maximum absolute atomic E-state index is 5.76. The van der Waals surface area contributed by atoms with Crippen LogP contribution in [-0.4, -0.2) is 19.3 Å². The Hall–Kier alpha value is 0.580. The Bertz CT molecular complexity index is 358. The summed E-state index contributed by atoms with van der Waals surface area (Å²) in [7, 11) is 0. The van der Waals surface area contributed by atoms with E-state index in [2.05, 4.69) is 50.2 Å². The van der Waals surface area contributed by atoms with Gasteiger partial charge in [0.2, 0.25) is 0 Å². The third-order valence-corrected chi connectivity index (χ3v) is 6.54. The van der Waals surface area contributed by atoms with Crippen LogP contribution in [0.25, 0.3) is 0 Å². The van der Waals surface area contributed by atoms with Gasteiger partial charge in [0.1, 0.15) is 0 Å². The molecule has 1 saturated heterocycles. The fourth-order valence-electron chi connectivity index (χ4n) is 2.25. The summed E-state index contributed by atoms with van der Waals surface area (Å²) in [4.78, 5) is 1.39. The van der Waals surface area contributed by atoms with E-state index in [1.807, 2.05) is 11.3 Å². The Morgan fingerprint density at radius 1 is 1.56 bits per heavy atom. The van der Waals surface area contributed by atoms with Crippen molar-refractivity contribution in [3.05, 3.63) is 19.2 Å². The van der Waals surface area contributed by atoms with Crippen LogP contribution in [0.4, 0.5) is 0 Å². The zero-order valence-electron chi connectivity index (χ0n) is 10.5. The second kappa shape index (κ2) is 7.39. The van der Waals surface area contributed by atoms with E-state index in [1.165, 1.54) is 21.5 Å². The van der Waals surface area contributed by atoms with Crippen molar-refractivity contribution in [2.24, 2.45) is 0 Å². The zero-order chi connectivity index (χ0) is 13.0. The molecule has 2 unspecified atom stereocenters. The SMILES string of the molecule is CCCNC(CC1CCCO1)c1cc(Br)c(Br)s1. The molecule has 1 N–H and O–H groups in total. The van der Waals surface area contributed by atoms with Gasteiger partial charge in [0.25, 0.3) is 0 Å². The van der Waals surface area contributed by atoms with Crippen LogP contribution in [0.15, 0.2) is 14.3 Å². The predicted octanol–water partition coefficient (Wildman–Crippen LogP) is 4.88. The fraction of sp³-hybridized carbons (Fsp3) is 0.692. The lowest BCUT2D eigenvalue weighted by molar-refractivity contribution is 0.0949. The van der Waals surface area contributed by atoms with Gasteiger partial charge in [0.15, 0.2) is 0 Å². The van der Waals surface area contributed by atoms with Crippen LogP contribution in [0.3, 0.4) is 0 Å². The molecule has 2 rings (SSSR count). The largest absolute Gasteiger partial charge is 0.378 e. The van der Waals surface area contributed by atoms with E-state index in [0.717, 1.165) is 30.5 Å². The van der Waals surface area contributed by atoms with Crippen LogP contribution in [0, 0.1) is 0 Å². The van der Waals surface area contributed by atoms with E-state index >= 15 is 0 Å². The predicted molar refractivity (Wildman–Crippen MR) is 84.3 cm³/mol. The first kappa shape index (κ1) is 15.0. The van der Waals surface area contributed by atoms with Crippen LogP contribution >= 0.6 is 43.2 Å². The van der Waals surface area contributed by atoms with Gasteiger partial charge in [-0.15, -0.1) is 11.3 Å². The van der Waals surface area contributed by atoms with Crippen molar-refractivity contribution < 1.29 is 4.74 Å². The van der Waals surface area contributed by atoms with Crippen LogP contribution in [0.5, 0.6) is 0 Å². The Morgan fingerprint density at radius 2 is 2.39 bits per heavy atom. The maximum Gasteiger partial charge on any atom is 0.0843 e. The van der Waals surface area contributed by atoms with Crippen LogP contribution in [0.1, 0.15) is 43.5 Å². The summed E-state index contributed by atoms with van der Waals surface area (Å²) >= 11 is 8.96. The van der Waals surface area contributed by atoms with Crippen molar-refractivity contribution in [2.45, 2.75) is 44.8 Å². The molecular weight excluding hydrogens is 378 g/mol. The molecule has 1 fully saturated rings. The second-order valence-corrected chi connectivity index (χ2v) is 7.90. The van der Waals surface area contributed by atoms with E-state index in [4.69, 9.17) is 4.74 Å². The quantitative estimate of drug-likeness (QED) is 0.739. The number of hydrogen-bond acceptors (Lipinski definition) is 3.